The summed E-state index contributed by atoms with van der Waals surface area (Å²) in [6, 6.07) is 11.4. The van der Waals surface area contributed by atoms with Gasteiger partial charge in [0.05, 0.1) is 22.8 Å². The van der Waals surface area contributed by atoms with E-state index in [9.17, 15) is 26.3 Å². The molecule has 0 bridgehead atoms. The van der Waals surface area contributed by atoms with Crippen LogP contribution in [0.15, 0.2) is 54.9 Å². The monoisotopic (exact) mass is 590 g/mol. The van der Waals surface area contributed by atoms with Gasteiger partial charge in [0.25, 0.3) is 0 Å². The van der Waals surface area contributed by atoms with E-state index in [1.807, 2.05) is 17.0 Å². The smallest absolute Gasteiger partial charge is 0.417 e. The molecule has 5 rings (SSSR count). The van der Waals surface area contributed by atoms with Crippen molar-refractivity contribution in [2.24, 2.45) is 0 Å². The van der Waals surface area contributed by atoms with E-state index < -0.39 is 29.0 Å². The maximum absolute atomic E-state index is 13.3. The van der Waals surface area contributed by atoms with E-state index in [1.165, 1.54) is 18.2 Å². The second kappa shape index (κ2) is 12.0. The molecular weight excluding hydrogens is 562 g/mol. The summed E-state index contributed by atoms with van der Waals surface area (Å²) < 4.78 is 84.5. The minimum Gasteiger partial charge on any atom is -0.474 e. The molecule has 3 aromatic rings. The topological polar surface area (TPSA) is 77.3 Å². The fourth-order valence-corrected chi connectivity index (χ4v) is 5.29. The van der Waals surface area contributed by atoms with Crippen LogP contribution in [0.2, 0.25) is 0 Å². The molecule has 222 valence electrons. The van der Waals surface area contributed by atoms with Crippen LogP contribution in [-0.2, 0) is 12.4 Å². The van der Waals surface area contributed by atoms with Crippen LogP contribution in [0.4, 0.5) is 43.5 Å². The zero-order valence-corrected chi connectivity index (χ0v) is 22.4. The summed E-state index contributed by atoms with van der Waals surface area (Å²) in [5.41, 5.74) is -0.871. The van der Waals surface area contributed by atoms with Crippen molar-refractivity contribution in [1.29, 1.82) is 5.26 Å². The van der Waals surface area contributed by atoms with Crippen molar-refractivity contribution < 1.29 is 31.1 Å². The van der Waals surface area contributed by atoms with Crippen LogP contribution >= 0.6 is 0 Å². The molecule has 1 aliphatic heterocycles. The Balaban J connectivity index is 1.11. The Morgan fingerprint density at radius 3 is 2.17 bits per heavy atom. The molecule has 7 nitrogen and oxygen atoms in total. The lowest BCUT2D eigenvalue weighted by Gasteiger charge is -2.37. The maximum atomic E-state index is 13.3. The van der Waals surface area contributed by atoms with Gasteiger partial charge in [-0.3, -0.25) is 0 Å². The number of ether oxygens (including phenoxy) is 1. The van der Waals surface area contributed by atoms with E-state index in [0.29, 0.717) is 69.2 Å². The number of nitriles is 1. The molecule has 3 heterocycles. The Labute approximate surface area is 238 Å². The summed E-state index contributed by atoms with van der Waals surface area (Å²) in [6.45, 7) is 2.48. The number of nitrogens with one attached hydrogen (secondary N) is 1. The van der Waals surface area contributed by atoms with E-state index >= 15 is 0 Å². The molecule has 2 aromatic heterocycles. The zero-order chi connectivity index (χ0) is 29.9. The van der Waals surface area contributed by atoms with Crippen molar-refractivity contribution in [3.05, 3.63) is 71.5 Å². The number of aromatic nitrogens is 2. The van der Waals surface area contributed by atoms with Gasteiger partial charge in [0.15, 0.2) is 0 Å². The molecule has 0 amide bonds. The molecule has 2 aliphatic rings. The van der Waals surface area contributed by atoms with Crippen molar-refractivity contribution >= 4 is 17.2 Å². The van der Waals surface area contributed by atoms with E-state index in [2.05, 4.69) is 20.2 Å². The third-order valence-electron chi connectivity index (χ3n) is 7.54. The fourth-order valence-electron chi connectivity index (χ4n) is 5.29. The summed E-state index contributed by atoms with van der Waals surface area (Å²) in [5, 5.41) is 12.2. The lowest BCUT2D eigenvalue weighted by Crippen LogP contribution is -2.46. The average molecular weight is 591 g/mol. The minimum absolute atomic E-state index is 0.0198. The molecule has 1 aromatic carbocycles. The minimum atomic E-state index is -4.60. The van der Waals surface area contributed by atoms with Gasteiger partial charge in [-0.2, -0.15) is 31.6 Å². The molecule has 2 fully saturated rings. The average Bonchev–Trinajstić information content (AvgIpc) is 2.97. The predicted octanol–water partition coefficient (Wildman–Crippen LogP) is 6.51. The molecule has 1 aliphatic carbocycles. The second-order valence-corrected chi connectivity index (χ2v) is 10.3. The largest absolute Gasteiger partial charge is 0.474 e. The van der Waals surface area contributed by atoms with Crippen LogP contribution in [0.5, 0.6) is 5.88 Å². The first kappa shape index (κ1) is 29.3. The molecule has 0 unspecified atom stereocenters. The Kier molecular flexibility index (Phi) is 8.34. The van der Waals surface area contributed by atoms with Crippen LogP contribution in [0, 0.1) is 11.3 Å². The summed E-state index contributed by atoms with van der Waals surface area (Å²) >= 11 is 0. The molecule has 1 saturated carbocycles. The number of hydrogen-bond acceptors (Lipinski definition) is 7. The van der Waals surface area contributed by atoms with E-state index in [-0.39, 0.29) is 12.1 Å². The summed E-state index contributed by atoms with van der Waals surface area (Å²) in [7, 11) is 0. The number of benzene rings is 1. The SMILES string of the molecule is N#Cc1ccc(N[C@H]2CC[C@H](Oc3cc(N4CCN(c5ccc(C(F)(F)F)cn5)CC4)ccn3)CC2)cc1C(F)(F)F. The first-order valence-corrected chi connectivity index (χ1v) is 13.5. The molecule has 1 saturated heterocycles. The van der Waals surface area contributed by atoms with Gasteiger partial charge in [-0.1, -0.05) is 0 Å². The van der Waals surface area contributed by atoms with Crippen molar-refractivity contribution in [3.8, 4) is 11.9 Å². The Hall–Kier alpha value is -4.21. The first-order valence-electron chi connectivity index (χ1n) is 13.5. The summed E-state index contributed by atoms with van der Waals surface area (Å²) in [6.07, 6.45) is -3.78. The van der Waals surface area contributed by atoms with Gasteiger partial charge in [0, 0.05) is 62.1 Å². The normalized spacial score (nSPS) is 19.7. The molecule has 0 radical (unpaired) electrons. The van der Waals surface area contributed by atoms with Crippen LogP contribution in [0.3, 0.4) is 0 Å². The van der Waals surface area contributed by atoms with Crippen LogP contribution < -0.4 is 19.9 Å². The van der Waals surface area contributed by atoms with E-state index in [4.69, 9.17) is 10.00 Å². The highest BCUT2D eigenvalue weighted by Crippen LogP contribution is 2.35. The lowest BCUT2D eigenvalue weighted by atomic mass is 9.92. The molecular formula is C29H28F6N6O. The van der Waals surface area contributed by atoms with Crippen molar-refractivity contribution in [3.63, 3.8) is 0 Å². The summed E-state index contributed by atoms with van der Waals surface area (Å²) in [4.78, 5) is 12.4. The van der Waals surface area contributed by atoms with Gasteiger partial charge in [-0.15, -0.1) is 0 Å². The quantitative estimate of drug-likeness (QED) is 0.328. The number of rotatable bonds is 6. The highest BCUT2D eigenvalue weighted by atomic mass is 19.4. The number of pyridine rings is 2. The Bertz CT molecular complexity index is 1410. The highest BCUT2D eigenvalue weighted by Gasteiger charge is 2.34. The van der Waals surface area contributed by atoms with Crippen molar-refractivity contribution in [1.82, 2.24) is 9.97 Å². The van der Waals surface area contributed by atoms with Gasteiger partial charge < -0.3 is 19.9 Å². The number of hydrogen-bond donors (Lipinski definition) is 1. The Morgan fingerprint density at radius 1 is 0.833 bits per heavy atom. The number of anilines is 3. The standard InChI is InChI=1S/C29H28F6N6O/c30-28(31,32)20-2-8-26(38-18-20)41-13-11-40(12-14-41)23-9-10-37-27(16-23)42-24-6-4-21(5-7-24)39-22-3-1-19(17-36)25(15-22)29(33,34)35/h1-3,8-10,15-16,18,21,24,39H,4-7,11-14H2/t21-,24-. The summed E-state index contributed by atoms with van der Waals surface area (Å²) in [5.74, 6) is 0.990. The first-order chi connectivity index (χ1) is 20.0. The molecule has 13 heteroatoms. The van der Waals surface area contributed by atoms with Gasteiger partial charge >= 0.3 is 12.4 Å². The molecule has 1 N–H and O–H groups in total. The van der Waals surface area contributed by atoms with Crippen molar-refractivity contribution in [2.75, 3.05) is 41.3 Å². The fraction of sp³-hybridized carbons (Fsp3) is 0.414. The Morgan fingerprint density at radius 2 is 1.55 bits per heavy atom. The zero-order valence-electron chi connectivity index (χ0n) is 22.4. The van der Waals surface area contributed by atoms with Gasteiger partial charge in [-0.05, 0) is 62.1 Å². The lowest BCUT2D eigenvalue weighted by molar-refractivity contribution is -0.138. The molecule has 0 spiro atoms. The number of piperazine rings is 1. The highest BCUT2D eigenvalue weighted by molar-refractivity contribution is 5.54. The predicted molar refractivity (Wildman–Crippen MR) is 144 cm³/mol. The van der Waals surface area contributed by atoms with Gasteiger partial charge in [0.1, 0.15) is 11.9 Å². The van der Waals surface area contributed by atoms with Crippen molar-refractivity contribution in [2.45, 2.75) is 50.2 Å². The number of halogens is 6. The van der Waals surface area contributed by atoms with E-state index in [1.54, 1.807) is 12.3 Å². The molecule has 42 heavy (non-hydrogen) atoms. The van der Waals surface area contributed by atoms with Crippen LogP contribution in [0.25, 0.3) is 0 Å². The van der Waals surface area contributed by atoms with Crippen LogP contribution in [0.1, 0.15) is 42.4 Å². The van der Waals surface area contributed by atoms with Crippen LogP contribution in [-0.4, -0.2) is 48.3 Å². The van der Waals surface area contributed by atoms with Gasteiger partial charge in [-0.25, -0.2) is 9.97 Å². The molecule has 0 atom stereocenters. The number of alkyl halides is 6. The maximum Gasteiger partial charge on any atom is 0.417 e. The number of nitrogens with zero attached hydrogens (tertiary/aromatic N) is 5. The third-order valence-corrected chi connectivity index (χ3v) is 7.54. The second-order valence-electron chi connectivity index (χ2n) is 10.3. The third kappa shape index (κ3) is 6.98. The van der Waals surface area contributed by atoms with E-state index in [0.717, 1.165) is 24.0 Å². The van der Waals surface area contributed by atoms with Gasteiger partial charge in [0.2, 0.25) is 5.88 Å².